The van der Waals surface area contributed by atoms with E-state index in [4.69, 9.17) is 4.74 Å². The summed E-state index contributed by atoms with van der Waals surface area (Å²) in [5.74, 6) is 1.35. The highest BCUT2D eigenvalue weighted by molar-refractivity contribution is 5.85. The second kappa shape index (κ2) is 5.17. The van der Waals surface area contributed by atoms with Gasteiger partial charge in [0.1, 0.15) is 0 Å². The van der Waals surface area contributed by atoms with E-state index in [-0.39, 0.29) is 12.4 Å². The van der Waals surface area contributed by atoms with Crippen LogP contribution < -0.4 is 10.1 Å². The largest absolute Gasteiger partial charge is 0.481 e. The highest BCUT2D eigenvalue weighted by Crippen LogP contribution is 2.28. The van der Waals surface area contributed by atoms with Gasteiger partial charge < -0.3 is 10.1 Å². The van der Waals surface area contributed by atoms with Gasteiger partial charge in [-0.3, -0.25) is 0 Å². The predicted molar refractivity (Wildman–Crippen MR) is 58.3 cm³/mol. The Morgan fingerprint density at radius 3 is 3.07 bits per heavy atom. The molecule has 0 saturated carbocycles. The van der Waals surface area contributed by atoms with Crippen LogP contribution >= 0.6 is 12.4 Å². The molecule has 0 aromatic carbocycles. The minimum absolute atomic E-state index is 0. The van der Waals surface area contributed by atoms with Crippen molar-refractivity contribution in [3.63, 3.8) is 0 Å². The molecule has 1 aromatic rings. The van der Waals surface area contributed by atoms with Crippen molar-refractivity contribution in [3.05, 3.63) is 23.9 Å². The first-order valence-corrected chi connectivity index (χ1v) is 4.61. The van der Waals surface area contributed by atoms with Crippen molar-refractivity contribution in [2.24, 2.45) is 0 Å². The number of halogens is 1. The predicted octanol–water partition coefficient (Wildman–Crippen LogP) is 1.59. The summed E-state index contributed by atoms with van der Waals surface area (Å²) in [5.41, 5.74) is 1.23. The van der Waals surface area contributed by atoms with Crippen molar-refractivity contribution < 1.29 is 4.74 Å². The summed E-state index contributed by atoms with van der Waals surface area (Å²) in [6.07, 6.45) is 2.95. The van der Waals surface area contributed by atoms with Crippen LogP contribution in [0.5, 0.6) is 5.88 Å². The molecule has 1 aromatic heterocycles. The van der Waals surface area contributed by atoms with Gasteiger partial charge in [-0.1, -0.05) is 6.07 Å². The Balaban J connectivity index is 0.000000980. The van der Waals surface area contributed by atoms with Gasteiger partial charge in [-0.15, -0.1) is 12.4 Å². The van der Waals surface area contributed by atoms with E-state index < -0.39 is 0 Å². The molecule has 0 spiro atoms. The van der Waals surface area contributed by atoms with Gasteiger partial charge in [-0.2, -0.15) is 0 Å². The minimum Gasteiger partial charge on any atom is -0.481 e. The average molecular weight is 215 g/mol. The molecule has 1 atom stereocenters. The third kappa shape index (κ3) is 2.16. The van der Waals surface area contributed by atoms with Crippen molar-refractivity contribution in [1.82, 2.24) is 10.3 Å². The lowest BCUT2D eigenvalue weighted by Crippen LogP contribution is -2.09. The fourth-order valence-electron chi connectivity index (χ4n) is 1.80. The summed E-state index contributed by atoms with van der Waals surface area (Å²) < 4.78 is 5.22. The Morgan fingerprint density at radius 1 is 1.57 bits per heavy atom. The SMILES string of the molecule is COc1ncccc1C1CCNC1.Cl. The quantitative estimate of drug-likeness (QED) is 0.812. The molecule has 1 fully saturated rings. The topological polar surface area (TPSA) is 34.1 Å². The number of ether oxygens (including phenoxy) is 1. The summed E-state index contributed by atoms with van der Waals surface area (Å²) >= 11 is 0. The maximum absolute atomic E-state index is 5.22. The first kappa shape index (κ1) is 11.3. The Hall–Kier alpha value is -0.800. The van der Waals surface area contributed by atoms with Gasteiger partial charge >= 0.3 is 0 Å². The molecule has 1 N–H and O–H groups in total. The monoisotopic (exact) mass is 214 g/mol. The molecule has 2 rings (SSSR count). The van der Waals surface area contributed by atoms with Crippen LogP contribution in [-0.4, -0.2) is 25.2 Å². The van der Waals surface area contributed by atoms with E-state index in [1.165, 1.54) is 12.0 Å². The Bertz CT molecular complexity index is 287. The Morgan fingerprint density at radius 2 is 2.43 bits per heavy atom. The molecule has 2 heterocycles. The van der Waals surface area contributed by atoms with Gasteiger partial charge in [-0.25, -0.2) is 4.98 Å². The molecule has 1 saturated heterocycles. The number of methoxy groups -OCH3 is 1. The third-order valence-corrected chi connectivity index (χ3v) is 2.49. The zero-order valence-corrected chi connectivity index (χ0v) is 9.01. The van der Waals surface area contributed by atoms with E-state index in [9.17, 15) is 0 Å². The number of nitrogens with one attached hydrogen (secondary N) is 1. The zero-order valence-electron chi connectivity index (χ0n) is 8.19. The fourth-order valence-corrected chi connectivity index (χ4v) is 1.80. The summed E-state index contributed by atoms with van der Waals surface area (Å²) in [6.45, 7) is 2.14. The maximum Gasteiger partial charge on any atom is 0.216 e. The number of aromatic nitrogens is 1. The van der Waals surface area contributed by atoms with E-state index in [1.54, 1.807) is 13.3 Å². The molecular weight excluding hydrogens is 200 g/mol. The van der Waals surface area contributed by atoms with Gasteiger partial charge in [0.2, 0.25) is 5.88 Å². The molecule has 0 aliphatic carbocycles. The van der Waals surface area contributed by atoms with Crippen LogP contribution in [0.1, 0.15) is 17.9 Å². The lowest BCUT2D eigenvalue weighted by atomic mass is 10.00. The van der Waals surface area contributed by atoms with E-state index in [2.05, 4.69) is 16.4 Å². The number of hydrogen-bond acceptors (Lipinski definition) is 3. The first-order chi connectivity index (χ1) is 6.42. The number of nitrogens with zero attached hydrogens (tertiary/aromatic N) is 1. The first-order valence-electron chi connectivity index (χ1n) is 4.61. The van der Waals surface area contributed by atoms with E-state index in [0.717, 1.165) is 19.0 Å². The van der Waals surface area contributed by atoms with Gasteiger partial charge in [0.25, 0.3) is 0 Å². The second-order valence-corrected chi connectivity index (χ2v) is 3.29. The second-order valence-electron chi connectivity index (χ2n) is 3.29. The number of rotatable bonds is 2. The van der Waals surface area contributed by atoms with Crippen LogP contribution in [0, 0.1) is 0 Å². The van der Waals surface area contributed by atoms with E-state index in [0.29, 0.717) is 5.92 Å². The molecule has 1 aliphatic heterocycles. The van der Waals surface area contributed by atoms with Crippen molar-refractivity contribution in [2.75, 3.05) is 20.2 Å². The average Bonchev–Trinajstić information content (AvgIpc) is 2.70. The van der Waals surface area contributed by atoms with Gasteiger partial charge in [0.15, 0.2) is 0 Å². The van der Waals surface area contributed by atoms with Gasteiger partial charge in [0, 0.05) is 24.2 Å². The van der Waals surface area contributed by atoms with Gasteiger partial charge in [-0.05, 0) is 19.0 Å². The van der Waals surface area contributed by atoms with Crippen molar-refractivity contribution >= 4 is 12.4 Å². The summed E-state index contributed by atoms with van der Waals surface area (Å²) in [4.78, 5) is 4.19. The zero-order chi connectivity index (χ0) is 9.10. The lowest BCUT2D eigenvalue weighted by Gasteiger charge is -2.11. The van der Waals surface area contributed by atoms with Crippen LogP contribution in [0.2, 0.25) is 0 Å². The molecule has 3 nitrogen and oxygen atoms in total. The van der Waals surface area contributed by atoms with Gasteiger partial charge in [0.05, 0.1) is 7.11 Å². The molecule has 0 amide bonds. The van der Waals surface area contributed by atoms with Crippen LogP contribution in [0.4, 0.5) is 0 Å². The highest BCUT2D eigenvalue weighted by atomic mass is 35.5. The summed E-state index contributed by atoms with van der Waals surface area (Å²) in [7, 11) is 1.67. The van der Waals surface area contributed by atoms with Crippen LogP contribution in [-0.2, 0) is 0 Å². The summed E-state index contributed by atoms with van der Waals surface area (Å²) in [6, 6.07) is 4.07. The van der Waals surface area contributed by atoms with Crippen LogP contribution in [0.25, 0.3) is 0 Å². The van der Waals surface area contributed by atoms with Crippen molar-refractivity contribution in [3.8, 4) is 5.88 Å². The maximum atomic E-state index is 5.22. The van der Waals surface area contributed by atoms with Crippen LogP contribution in [0.15, 0.2) is 18.3 Å². The van der Waals surface area contributed by atoms with Crippen molar-refractivity contribution in [2.45, 2.75) is 12.3 Å². The number of hydrogen-bond donors (Lipinski definition) is 1. The molecular formula is C10H15ClN2O. The normalized spacial score (nSPS) is 20.2. The van der Waals surface area contributed by atoms with Crippen LogP contribution in [0.3, 0.4) is 0 Å². The molecule has 0 radical (unpaired) electrons. The minimum atomic E-state index is 0. The van der Waals surface area contributed by atoms with E-state index >= 15 is 0 Å². The molecule has 1 unspecified atom stereocenters. The Labute approximate surface area is 90.3 Å². The summed E-state index contributed by atoms with van der Waals surface area (Å²) in [5, 5.41) is 3.34. The highest BCUT2D eigenvalue weighted by Gasteiger charge is 2.20. The fraction of sp³-hybridized carbons (Fsp3) is 0.500. The Kier molecular flexibility index (Phi) is 4.17. The molecule has 0 bridgehead atoms. The third-order valence-electron chi connectivity index (χ3n) is 2.49. The van der Waals surface area contributed by atoms with Crippen molar-refractivity contribution in [1.29, 1.82) is 0 Å². The lowest BCUT2D eigenvalue weighted by molar-refractivity contribution is 0.389. The van der Waals surface area contributed by atoms with E-state index in [1.807, 2.05) is 6.07 Å². The number of pyridine rings is 1. The molecule has 1 aliphatic rings. The molecule has 4 heteroatoms. The smallest absolute Gasteiger partial charge is 0.216 e. The standard InChI is InChI=1S/C10H14N2O.ClH/c1-13-10-9(3-2-5-12-10)8-4-6-11-7-8;/h2-3,5,8,11H,4,6-7H2,1H3;1H. The molecule has 78 valence electrons. The molecule has 14 heavy (non-hydrogen) atoms.